The van der Waals surface area contributed by atoms with E-state index < -0.39 is 0 Å². The van der Waals surface area contributed by atoms with Crippen LogP contribution in [-0.2, 0) is 13.0 Å². The fourth-order valence-electron chi connectivity index (χ4n) is 3.34. The molecule has 3 atom stereocenters. The van der Waals surface area contributed by atoms with Crippen molar-refractivity contribution in [3.8, 4) is 0 Å². The van der Waals surface area contributed by atoms with Crippen molar-refractivity contribution in [2.24, 2.45) is 0 Å². The van der Waals surface area contributed by atoms with E-state index in [1.165, 1.54) is 23.1 Å². The van der Waals surface area contributed by atoms with Crippen LogP contribution in [0.4, 0.5) is 0 Å². The molecule has 3 heteroatoms. The van der Waals surface area contributed by atoms with E-state index in [4.69, 9.17) is 23.2 Å². The first-order chi connectivity index (χ1) is 11.6. The number of rotatable bonds is 7. The van der Waals surface area contributed by atoms with Gasteiger partial charge in [0.1, 0.15) is 0 Å². The lowest BCUT2D eigenvalue weighted by atomic mass is 9.78. The van der Waals surface area contributed by atoms with Crippen molar-refractivity contribution in [1.82, 2.24) is 4.90 Å². The molecule has 1 saturated carbocycles. The zero-order chi connectivity index (χ0) is 16.9. The van der Waals surface area contributed by atoms with E-state index in [0.717, 1.165) is 25.9 Å². The third-order valence-electron chi connectivity index (χ3n) is 4.92. The van der Waals surface area contributed by atoms with Crippen molar-refractivity contribution in [2.75, 3.05) is 13.6 Å². The Kier molecular flexibility index (Phi) is 6.21. The summed E-state index contributed by atoms with van der Waals surface area (Å²) in [5.41, 5.74) is 4.11. The van der Waals surface area contributed by atoms with Crippen LogP contribution in [0.5, 0.6) is 0 Å². The Bertz CT molecular complexity index is 626. The predicted molar refractivity (Wildman–Crippen MR) is 104 cm³/mol. The van der Waals surface area contributed by atoms with Crippen molar-refractivity contribution in [3.05, 3.63) is 71.3 Å². The summed E-state index contributed by atoms with van der Waals surface area (Å²) >= 11 is 12.4. The first-order valence-corrected chi connectivity index (χ1v) is 9.60. The first-order valence-electron chi connectivity index (χ1n) is 8.73. The van der Waals surface area contributed by atoms with Crippen molar-refractivity contribution >= 4 is 23.2 Å². The first kappa shape index (κ1) is 17.8. The van der Waals surface area contributed by atoms with Gasteiger partial charge in [-0.15, -0.1) is 23.2 Å². The van der Waals surface area contributed by atoms with Gasteiger partial charge in [0.2, 0.25) is 0 Å². The van der Waals surface area contributed by atoms with Crippen molar-refractivity contribution in [3.63, 3.8) is 0 Å². The quantitative estimate of drug-likeness (QED) is 0.592. The summed E-state index contributed by atoms with van der Waals surface area (Å²) in [7, 11) is 2.19. The fraction of sp³-hybridized carbons (Fsp3) is 0.429. The van der Waals surface area contributed by atoms with Crippen LogP contribution < -0.4 is 0 Å². The normalized spacial score (nSPS) is 23.2. The summed E-state index contributed by atoms with van der Waals surface area (Å²) in [4.78, 5) is 2.39. The van der Waals surface area contributed by atoms with Crippen LogP contribution in [0.2, 0.25) is 0 Å². The van der Waals surface area contributed by atoms with Crippen LogP contribution in [0.25, 0.3) is 0 Å². The van der Waals surface area contributed by atoms with Gasteiger partial charge < -0.3 is 4.90 Å². The molecule has 0 aliphatic heterocycles. The maximum Gasteiger partial charge on any atom is 0.0568 e. The molecule has 24 heavy (non-hydrogen) atoms. The molecule has 1 aliphatic rings. The van der Waals surface area contributed by atoms with Crippen LogP contribution in [0, 0.1) is 0 Å². The standard InChI is InChI=1S/C21H25Cl2N/c1-24(15-17-6-3-2-4-7-17)13-5-8-16-9-11-18(12-10-16)19-14-20(22)21(19)23/h2-4,6-7,9-12,19-21H,5,8,13-15H2,1H3. The fourth-order valence-corrected chi connectivity index (χ4v) is 4.06. The lowest BCUT2D eigenvalue weighted by molar-refractivity contribution is 0.322. The molecule has 1 nitrogen and oxygen atoms in total. The number of aryl methyl sites for hydroxylation is 1. The summed E-state index contributed by atoms with van der Waals surface area (Å²) in [5, 5.41) is 0.223. The van der Waals surface area contributed by atoms with E-state index in [-0.39, 0.29) is 10.8 Å². The van der Waals surface area contributed by atoms with Crippen LogP contribution >= 0.6 is 23.2 Å². The van der Waals surface area contributed by atoms with Gasteiger partial charge in [-0.25, -0.2) is 0 Å². The smallest absolute Gasteiger partial charge is 0.0568 e. The highest BCUT2D eigenvalue weighted by atomic mass is 35.5. The molecular formula is C21H25Cl2N. The monoisotopic (exact) mass is 361 g/mol. The lowest BCUT2D eigenvalue weighted by Gasteiger charge is -2.37. The van der Waals surface area contributed by atoms with Gasteiger partial charge in [-0.05, 0) is 49.5 Å². The second-order valence-electron chi connectivity index (χ2n) is 6.87. The maximum atomic E-state index is 6.29. The van der Waals surface area contributed by atoms with Crippen LogP contribution in [0.15, 0.2) is 54.6 Å². The van der Waals surface area contributed by atoms with E-state index in [9.17, 15) is 0 Å². The SMILES string of the molecule is CN(CCCc1ccc(C2CC(Cl)C2Cl)cc1)Cc1ccccc1. The average Bonchev–Trinajstić information content (AvgIpc) is 2.61. The summed E-state index contributed by atoms with van der Waals surface area (Å²) in [6.45, 7) is 2.12. The minimum atomic E-state index is 0.0872. The van der Waals surface area contributed by atoms with Gasteiger partial charge in [0, 0.05) is 12.5 Å². The molecule has 2 aromatic rings. The molecule has 0 bridgehead atoms. The van der Waals surface area contributed by atoms with Crippen molar-refractivity contribution in [2.45, 2.75) is 42.5 Å². The van der Waals surface area contributed by atoms with Crippen LogP contribution in [-0.4, -0.2) is 29.2 Å². The Morgan fingerprint density at radius 2 is 1.67 bits per heavy atom. The van der Waals surface area contributed by atoms with Crippen molar-refractivity contribution in [1.29, 1.82) is 0 Å². The summed E-state index contributed by atoms with van der Waals surface area (Å²) in [6.07, 6.45) is 3.29. The Balaban J connectivity index is 1.42. The van der Waals surface area contributed by atoms with E-state index >= 15 is 0 Å². The Morgan fingerprint density at radius 1 is 0.958 bits per heavy atom. The molecule has 0 spiro atoms. The largest absolute Gasteiger partial charge is 0.302 e. The summed E-state index contributed by atoms with van der Waals surface area (Å²) < 4.78 is 0. The van der Waals surface area contributed by atoms with Gasteiger partial charge in [-0.1, -0.05) is 54.6 Å². The second kappa shape index (κ2) is 8.38. The van der Waals surface area contributed by atoms with Gasteiger partial charge in [0.25, 0.3) is 0 Å². The van der Waals surface area contributed by atoms with Gasteiger partial charge in [0.05, 0.1) is 10.8 Å². The third kappa shape index (κ3) is 4.53. The van der Waals surface area contributed by atoms with Gasteiger partial charge in [-0.3, -0.25) is 0 Å². The number of hydrogen-bond donors (Lipinski definition) is 0. The Hall–Kier alpha value is -1.02. The number of halogens is 2. The second-order valence-corrected chi connectivity index (χ2v) is 7.94. The minimum absolute atomic E-state index is 0.0872. The summed E-state index contributed by atoms with van der Waals surface area (Å²) in [5.74, 6) is 0.431. The zero-order valence-electron chi connectivity index (χ0n) is 14.2. The molecule has 0 saturated heterocycles. The molecule has 1 aliphatic carbocycles. The molecular weight excluding hydrogens is 337 g/mol. The molecule has 3 unspecified atom stereocenters. The van der Waals surface area contributed by atoms with E-state index in [2.05, 4.69) is 66.5 Å². The zero-order valence-corrected chi connectivity index (χ0v) is 15.7. The number of hydrogen-bond acceptors (Lipinski definition) is 1. The van der Waals surface area contributed by atoms with E-state index in [0.29, 0.717) is 5.92 Å². The maximum absolute atomic E-state index is 6.29. The average molecular weight is 362 g/mol. The molecule has 0 aromatic heterocycles. The molecule has 0 amide bonds. The lowest BCUT2D eigenvalue weighted by Crippen LogP contribution is -2.36. The molecule has 2 aromatic carbocycles. The van der Waals surface area contributed by atoms with Gasteiger partial charge in [0.15, 0.2) is 0 Å². The van der Waals surface area contributed by atoms with Crippen molar-refractivity contribution < 1.29 is 0 Å². The third-order valence-corrected chi connectivity index (χ3v) is 6.10. The predicted octanol–water partition coefficient (Wildman–Crippen LogP) is 5.45. The minimum Gasteiger partial charge on any atom is -0.302 e. The highest BCUT2D eigenvalue weighted by Crippen LogP contribution is 2.44. The highest BCUT2D eigenvalue weighted by molar-refractivity contribution is 6.31. The summed E-state index contributed by atoms with van der Waals surface area (Å²) in [6, 6.07) is 19.6. The van der Waals surface area contributed by atoms with E-state index in [1.54, 1.807) is 0 Å². The van der Waals surface area contributed by atoms with Gasteiger partial charge in [-0.2, -0.15) is 0 Å². The van der Waals surface area contributed by atoms with Crippen LogP contribution in [0.3, 0.4) is 0 Å². The molecule has 128 valence electrons. The molecule has 0 N–H and O–H groups in total. The van der Waals surface area contributed by atoms with Crippen LogP contribution in [0.1, 0.15) is 35.4 Å². The van der Waals surface area contributed by atoms with Gasteiger partial charge >= 0.3 is 0 Å². The Labute approximate surface area is 155 Å². The molecule has 0 heterocycles. The number of nitrogens with zero attached hydrogens (tertiary/aromatic N) is 1. The van der Waals surface area contributed by atoms with E-state index in [1.807, 2.05) is 0 Å². The number of benzene rings is 2. The molecule has 1 fully saturated rings. The molecule has 3 rings (SSSR count). The Morgan fingerprint density at radius 3 is 2.29 bits per heavy atom. The molecule has 0 radical (unpaired) electrons. The highest BCUT2D eigenvalue weighted by Gasteiger charge is 2.39. The number of alkyl halides is 2. The topological polar surface area (TPSA) is 3.24 Å².